The zero-order valence-electron chi connectivity index (χ0n) is 20.4. The lowest BCUT2D eigenvalue weighted by Gasteiger charge is -2.34. The van der Waals surface area contributed by atoms with Gasteiger partial charge in [-0.05, 0) is 37.1 Å². The first-order valence-corrected chi connectivity index (χ1v) is 13.5. The van der Waals surface area contributed by atoms with E-state index in [4.69, 9.17) is 4.74 Å². The molecule has 198 valence electrons. The van der Waals surface area contributed by atoms with Crippen LogP contribution in [-0.4, -0.2) is 78.4 Å². The van der Waals surface area contributed by atoms with Gasteiger partial charge in [0.1, 0.15) is 23.8 Å². The summed E-state index contributed by atoms with van der Waals surface area (Å²) in [5.74, 6) is -2.60. The molecule has 0 radical (unpaired) electrons. The van der Waals surface area contributed by atoms with Gasteiger partial charge in [-0.1, -0.05) is 51.5 Å². The number of benzene rings is 2. The van der Waals surface area contributed by atoms with Crippen molar-refractivity contribution in [1.29, 1.82) is 0 Å². The molecule has 3 aromatic rings. The van der Waals surface area contributed by atoms with Gasteiger partial charge in [0.15, 0.2) is 0 Å². The van der Waals surface area contributed by atoms with Crippen LogP contribution < -0.4 is 10.6 Å². The third-order valence-electron chi connectivity index (χ3n) is 7.76. The largest absolute Gasteiger partial charge is 0.396 e. The molecule has 0 saturated carbocycles. The van der Waals surface area contributed by atoms with Crippen LogP contribution in [0.5, 0.6) is 0 Å². The third kappa shape index (κ3) is 3.89. The van der Waals surface area contributed by atoms with Gasteiger partial charge in [0.05, 0.1) is 23.5 Å². The number of para-hydroxylation sites is 2. The van der Waals surface area contributed by atoms with Gasteiger partial charge >= 0.3 is 0 Å². The van der Waals surface area contributed by atoms with Crippen LogP contribution in [0.15, 0.2) is 54.6 Å². The summed E-state index contributed by atoms with van der Waals surface area (Å²) in [6.45, 7) is 0.0901. The summed E-state index contributed by atoms with van der Waals surface area (Å²) in [6, 6.07) is 15.5. The molecule has 3 amide bonds. The van der Waals surface area contributed by atoms with E-state index in [1.54, 1.807) is 16.8 Å². The highest BCUT2D eigenvalue weighted by molar-refractivity contribution is 9.09. The molecule has 38 heavy (non-hydrogen) atoms. The van der Waals surface area contributed by atoms with Crippen LogP contribution in [0.1, 0.15) is 12.8 Å². The van der Waals surface area contributed by atoms with Crippen molar-refractivity contribution in [3.63, 3.8) is 0 Å². The minimum Gasteiger partial charge on any atom is -0.396 e. The Morgan fingerprint density at radius 1 is 1.13 bits per heavy atom. The molecule has 3 N–H and O–H groups in total. The number of aliphatic hydroxyl groups is 1. The van der Waals surface area contributed by atoms with E-state index >= 15 is 0 Å². The number of nitrogens with one attached hydrogen (secondary N) is 2. The molecule has 6 atom stereocenters. The minimum atomic E-state index is -1.17. The average Bonchev–Trinajstić information content (AvgIpc) is 3.64. The molecular weight excluding hydrogens is 556 g/mol. The molecule has 12 heteroatoms. The van der Waals surface area contributed by atoms with Gasteiger partial charge in [0.25, 0.3) is 0 Å². The number of carbonyl (C=O) groups is 3. The number of ether oxygens (including phenoxy) is 1. The smallest absolute Gasteiger partial charge is 0.247 e. The van der Waals surface area contributed by atoms with E-state index in [1.165, 1.54) is 4.90 Å². The van der Waals surface area contributed by atoms with Crippen molar-refractivity contribution in [1.82, 2.24) is 25.2 Å². The lowest BCUT2D eigenvalue weighted by atomic mass is 9.70. The van der Waals surface area contributed by atoms with Gasteiger partial charge in [-0.15, -0.1) is 5.10 Å². The van der Waals surface area contributed by atoms with E-state index in [0.29, 0.717) is 24.0 Å². The van der Waals surface area contributed by atoms with E-state index in [2.05, 4.69) is 36.9 Å². The topological polar surface area (TPSA) is 139 Å². The number of hydrogen-bond acceptors (Lipinski definition) is 7. The Kier molecular flexibility index (Phi) is 6.40. The fourth-order valence-corrected chi connectivity index (χ4v) is 7.18. The van der Waals surface area contributed by atoms with Crippen molar-refractivity contribution in [2.45, 2.75) is 42.1 Å². The van der Waals surface area contributed by atoms with Crippen LogP contribution in [0.2, 0.25) is 0 Å². The van der Waals surface area contributed by atoms with Crippen molar-refractivity contribution in [2.24, 2.45) is 11.8 Å². The second-order valence-electron chi connectivity index (χ2n) is 9.90. The number of aliphatic hydroxyl groups excluding tert-OH is 1. The molecule has 1 aromatic heterocycles. The molecule has 3 aliphatic heterocycles. The second kappa shape index (κ2) is 9.75. The Bertz CT molecular complexity index is 1380. The number of hydrogen-bond donors (Lipinski definition) is 3. The summed E-state index contributed by atoms with van der Waals surface area (Å²) in [5.41, 5.74) is 0.920. The van der Waals surface area contributed by atoms with E-state index < -0.39 is 35.5 Å². The Morgan fingerprint density at radius 3 is 2.68 bits per heavy atom. The van der Waals surface area contributed by atoms with Gasteiger partial charge < -0.3 is 25.4 Å². The fourth-order valence-electron chi connectivity index (χ4n) is 6.24. The Morgan fingerprint density at radius 2 is 1.89 bits per heavy atom. The lowest BCUT2D eigenvalue weighted by molar-refractivity contribution is -0.141. The minimum absolute atomic E-state index is 0.0533. The Labute approximate surface area is 226 Å². The zero-order chi connectivity index (χ0) is 26.4. The summed E-state index contributed by atoms with van der Waals surface area (Å²) < 4.78 is 8.04. The second-order valence-corrected chi connectivity index (χ2v) is 11.1. The number of rotatable bonds is 8. The van der Waals surface area contributed by atoms with Gasteiger partial charge in [-0.2, -0.15) is 0 Å². The number of halogens is 1. The molecule has 11 nitrogen and oxygen atoms in total. The van der Waals surface area contributed by atoms with Crippen molar-refractivity contribution in [2.75, 3.05) is 18.5 Å². The maximum Gasteiger partial charge on any atom is 0.247 e. The standard InChI is InChI=1S/C26H27BrN6O5/c27-16-13-26-20(19(21(16)38-26)23(35)29-15-7-2-1-3-8-15)25(37)32(11-6-12-34)22(26)24(36)28-14-33-18-10-5-4-9-17(18)30-31-33/h1-5,7-10,16,19-22,34H,6,11-14H2,(H,28,36)(H,29,35)/t16?,19-,20+,21-,22?,26?/m1/s1. The van der Waals surface area contributed by atoms with Gasteiger partial charge in [-0.25, -0.2) is 4.68 Å². The Hall–Kier alpha value is -3.35. The molecule has 0 aliphatic carbocycles. The molecule has 1 spiro atoms. The SMILES string of the molecule is O=C(NCn1nnc2ccccc21)C1N(CCCO)C(=O)[C@@H]2[C@@H](C(=O)Nc3ccccc3)[C@@H]3OC12CC3Br. The summed E-state index contributed by atoms with van der Waals surface area (Å²) in [4.78, 5) is 42.4. The highest BCUT2D eigenvalue weighted by Crippen LogP contribution is 2.60. The van der Waals surface area contributed by atoms with Crippen LogP contribution in [-0.2, 0) is 25.8 Å². The lowest BCUT2D eigenvalue weighted by Crippen LogP contribution is -2.56. The summed E-state index contributed by atoms with van der Waals surface area (Å²) in [6.07, 6.45) is 0.152. The number of carbonyl (C=O) groups excluding carboxylic acids is 3. The highest BCUT2D eigenvalue weighted by Gasteiger charge is 2.76. The van der Waals surface area contributed by atoms with Crippen LogP contribution in [0.3, 0.4) is 0 Å². The number of fused-ring (bicyclic) bond motifs is 2. The van der Waals surface area contributed by atoms with Crippen molar-refractivity contribution < 1.29 is 24.2 Å². The molecule has 2 bridgehead atoms. The zero-order valence-corrected chi connectivity index (χ0v) is 22.0. The van der Waals surface area contributed by atoms with Gasteiger partial charge in [0.2, 0.25) is 17.7 Å². The molecule has 3 aliphatic rings. The van der Waals surface area contributed by atoms with Crippen molar-refractivity contribution >= 4 is 50.4 Å². The van der Waals surface area contributed by atoms with E-state index in [0.717, 1.165) is 5.52 Å². The molecule has 4 heterocycles. The van der Waals surface area contributed by atoms with Gasteiger partial charge in [-0.3, -0.25) is 14.4 Å². The third-order valence-corrected chi connectivity index (χ3v) is 8.61. The van der Waals surface area contributed by atoms with Gasteiger partial charge in [0, 0.05) is 23.7 Å². The first-order chi connectivity index (χ1) is 18.4. The quantitative estimate of drug-likeness (QED) is 0.340. The molecule has 2 aromatic carbocycles. The van der Waals surface area contributed by atoms with Crippen molar-refractivity contribution in [3.05, 3.63) is 54.6 Å². The predicted octanol–water partition coefficient (Wildman–Crippen LogP) is 1.27. The highest BCUT2D eigenvalue weighted by atomic mass is 79.9. The van der Waals surface area contributed by atoms with E-state index in [9.17, 15) is 19.5 Å². The van der Waals surface area contributed by atoms with E-state index in [-0.39, 0.29) is 36.5 Å². The normalized spacial score (nSPS) is 29.6. The fraction of sp³-hybridized carbons (Fsp3) is 0.423. The first-order valence-electron chi connectivity index (χ1n) is 12.6. The number of alkyl halides is 1. The monoisotopic (exact) mass is 582 g/mol. The Balaban J connectivity index is 1.29. The summed E-state index contributed by atoms with van der Waals surface area (Å²) >= 11 is 3.66. The van der Waals surface area contributed by atoms with Crippen LogP contribution in [0.4, 0.5) is 5.69 Å². The maximum atomic E-state index is 13.8. The van der Waals surface area contributed by atoms with Crippen LogP contribution in [0, 0.1) is 11.8 Å². The molecule has 3 fully saturated rings. The number of likely N-dealkylation sites (tertiary alicyclic amines) is 1. The first kappa shape index (κ1) is 25.0. The van der Waals surface area contributed by atoms with Crippen LogP contribution in [0.25, 0.3) is 11.0 Å². The number of aromatic nitrogens is 3. The number of nitrogens with zero attached hydrogens (tertiary/aromatic N) is 4. The van der Waals surface area contributed by atoms with Crippen LogP contribution >= 0.6 is 15.9 Å². The van der Waals surface area contributed by atoms with E-state index in [1.807, 2.05) is 42.5 Å². The molecular formula is C26H27BrN6O5. The summed E-state index contributed by atoms with van der Waals surface area (Å²) in [5, 5.41) is 23.5. The number of anilines is 1. The maximum absolute atomic E-state index is 13.8. The molecule has 3 saturated heterocycles. The van der Waals surface area contributed by atoms with Crippen molar-refractivity contribution in [3.8, 4) is 0 Å². The molecule has 6 rings (SSSR count). The predicted molar refractivity (Wildman–Crippen MR) is 140 cm³/mol. The number of amides is 3. The molecule has 3 unspecified atom stereocenters. The average molecular weight is 583 g/mol. The summed E-state index contributed by atoms with van der Waals surface area (Å²) in [7, 11) is 0.